The molecule has 0 heterocycles. The summed E-state index contributed by atoms with van der Waals surface area (Å²) < 4.78 is 31.3. The highest BCUT2D eigenvalue weighted by Gasteiger charge is 2.31. The number of nitrogens with zero attached hydrogens (tertiary/aromatic N) is 2. The van der Waals surface area contributed by atoms with Gasteiger partial charge in [-0.3, -0.25) is 13.9 Å². The van der Waals surface area contributed by atoms with Gasteiger partial charge in [0.2, 0.25) is 21.8 Å². The summed E-state index contributed by atoms with van der Waals surface area (Å²) in [4.78, 5) is 27.8. The van der Waals surface area contributed by atoms with Crippen LogP contribution in [0.3, 0.4) is 0 Å². The van der Waals surface area contributed by atoms with E-state index in [2.05, 4.69) is 5.32 Å². The molecular weight excluding hydrogens is 478 g/mol. The molecule has 34 heavy (non-hydrogen) atoms. The zero-order valence-electron chi connectivity index (χ0n) is 20.0. The van der Waals surface area contributed by atoms with E-state index in [9.17, 15) is 18.0 Å². The van der Waals surface area contributed by atoms with E-state index in [-0.39, 0.29) is 12.5 Å². The molecule has 0 aliphatic carbocycles. The van der Waals surface area contributed by atoms with Crippen molar-refractivity contribution in [2.45, 2.75) is 39.3 Å². The summed E-state index contributed by atoms with van der Waals surface area (Å²) in [6.45, 7) is 3.93. The first-order chi connectivity index (χ1) is 16.1. The van der Waals surface area contributed by atoms with E-state index in [1.165, 1.54) is 12.0 Å². The van der Waals surface area contributed by atoms with Gasteiger partial charge in [-0.05, 0) is 54.8 Å². The van der Waals surface area contributed by atoms with Gasteiger partial charge in [-0.1, -0.05) is 37.6 Å². The number of carbonyl (C=O) groups excluding carboxylic acids is 2. The van der Waals surface area contributed by atoms with Gasteiger partial charge in [0.15, 0.2) is 0 Å². The number of ether oxygens (including phenoxy) is 1. The second kappa shape index (κ2) is 12.6. The number of halogens is 1. The molecule has 0 radical (unpaired) electrons. The Bertz CT molecular complexity index is 1060. The maximum atomic E-state index is 13.5. The molecular formula is C24H32ClN3O5S. The molecule has 0 spiro atoms. The molecule has 0 unspecified atom stereocenters. The van der Waals surface area contributed by atoms with E-state index in [0.29, 0.717) is 29.4 Å². The normalized spacial score (nSPS) is 12.0. The molecule has 0 aliphatic rings. The largest absolute Gasteiger partial charge is 0.497 e. The van der Waals surface area contributed by atoms with Crippen molar-refractivity contribution in [2.75, 3.05) is 30.8 Å². The lowest BCUT2D eigenvalue weighted by Crippen LogP contribution is -2.52. The average Bonchev–Trinajstić information content (AvgIpc) is 2.81. The Hall–Kier alpha value is -2.78. The standard InChI is InChI=1S/C24H32ClN3O5S/c1-5-15-26-24(30)22(6-2)27(16-18-7-9-19(25)10-8-18)23(29)17-28(34(4,31)32)20-11-13-21(33-3)14-12-20/h7-14,22H,5-6,15-17H2,1-4H3,(H,26,30)/t22-/m0/s1. The summed E-state index contributed by atoms with van der Waals surface area (Å²) in [5.74, 6) is -0.205. The van der Waals surface area contributed by atoms with Crippen LogP contribution in [0.1, 0.15) is 32.3 Å². The van der Waals surface area contributed by atoms with Crippen molar-refractivity contribution in [1.82, 2.24) is 10.2 Å². The fraction of sp³-hybridized carbons (Fsp3) is 0.417. The second-order valence-electron chi connectivity index (χ2n) is 7.83. The minimum Gasteiger partial charge on any atom is -0.497 e. The van der Waals surface area contributed by atoms with Crippen molar-refractivity contribution in [3.05, 3.63) is 59.1 Å². The lowest BCUT2D eigenvalue weighted by Gasteiger charge is -2.33. The monoisotopic (exact) mass is 509 g/mol. The van der Waals surface area contributed by atoms with Gasteiger partial charge in [0.25, 0.3) is 0 Å². The Kier molecular flexibility index (Phi) is 10.2. The van der Waals surface area contributed by atoms with Crippen LogP contribution in [0, 0.1) is 0 Å². The number of carbonyl (C=O) groups is 2. The summed E-state index contributed by atoms with van der Waals surface area (Å²) in [6.07, 6.45) is 2.17. The Morgan fingerprint density at radius 1 is 1.06 bits per heavy atom. The van der Waals surface area contributed by atoms with Gasteiger partial charge in [-0.2, -0.15) is 0 Å². The molecule has 2 aromatic carbocycles. The predicted molar refractivity (Wildman–Crippen MR) is 135 cm³/mol. The lowest BCUT2D eigenvalue weighted by molar-refractivity contribution is -0.140. The third-order valence-electron chi connectivity index (χ3n) is 5.24. The minimum atomic E-state index is -3.78. The minimum absolute atomic E-state index is 0.133. The van der Waals surface area contributed by atoms with Crippen molar-refractivity contribution < 1.29 is 22.7 Å². The van der Waals surface area contributed by atoms with Crippen LogP contribution in [0.4, 0.5) is 5.69 Å². The Labute approximate surface area is 206 Å². The van der Waals surface area contributed by atoms with Crippen molar-refractivity contribution in [2.24, 2.45) is 0 Å². The molecule has 1 atom stereocenters. The van der Waals surface area contributed by atoms with Crippen LogP contribution in [-0.2, 0) is 26.2 Å². The highest BCUT2D eigenvalue weighted by Crippen LogP contribution is 2.23. The first kappa shape index (κ1) is 27.5. The maximum Gasteiger partial charge on any atom is 0.244 e. The first-order valence-corrected chi connectivity index (χ1v) is 13.3. The molecule has 0 aromatic heterocycles. The van der Waals surface area contributed by atoms with E-state index < -0.39 is 28.5 Å². The highest BCUT2D eigenvalue weighted by molar-refractivity contribution is 7.92. The van der Waals surface area contributed by atoms with Crippen LogP contribution < -0.4 is 14.4 Å². The van der Waals surface area contributed by atoms with Crippen molar-refractivity contribution >= 4 is 39.1 Å². The molecule has 2 rings (SSSR count). The highest BCUT2D eigenvalue weighted by atomic mass is 35.5. The van der Waals surface area contributed by atoms with Gasteiger partial charge >= 0.3 is 0 Å². The number of methoxy groups -OCH3 is 1. The Morgan fingerprint density at radius 3 is 2.18 bits per heavy atom. The van der Waals surface area contributed by atoms with Crippen LogP contribution in [0.15, 0.2) is 48.5 Å². The van der Waals surface area contributed by atoms with Crippen molar-refractivity contribution in [1.29, 1.82) is 0 Å². The summed E-state index contributed by atoms with van der Waals surface area (Å²) in [6, 6.07) is 12.6. The van der Waals surface area contributed by atoms with Gasteiger partial charge in [0.05, 0.1) is 19.1 Å². The van der Waals surface area contributed by atoms with Crippen molar-refractivity contribution in [3.8, 4) is 5.75 Å². The molecule has 0 bridgehead atoms. The van der Waals surface area contributed by atoms with Gasteiger partial charge in [-0.25, -0.2) is 8.42 Å². The molecule has 0 saturated heterocycles. The molecule has 2 aromatic rings. The second-order valence-corrected chi connectivity index (χ2v) is 10.2. The molecule has 186 valence electrons. The topological polar surface area (TPSA) is 96.0 Å². The number of benzene rings is 2. The summed E-state index contributed by atoms with van der Waals surface area (Å²) >= 11 is 5.99. The average molecular weight is 510 g/mol. The SMILES string of the molecule is CCCNC(=O)[C@H](CC)N(Cc1ccc(Cl)cc1)C(=O)CN(c1ccc(OC)cc1)S(C)(=O)=O. The van der Waals surface area contributed by atoms with Crippen LogP contribution in [-0.4, -0.2) is 57.6 Å². The summed E-state index contributed by atoms with van der Waals surface area (Å²) in [5, 5.41) is 3.39. The van der Waals surface area contributed by atoms with Crippen LogP contribution >= 0.6 is 11.6 Å². The fourth-order valence-corrected chi connectivity index (χ4v) is 4.41. The van der Waals surface area contributed by atoms with E-state index >= 15 is 0 Å². The van der Waals surface area contributed by atoms with Crippen LogP contribution in [0.5, 0.6) is 5.75 Å². The molecule has 2 amide bonds. The first-order valence-electron chi connectivity index (χ1n) is 11.0. The van der Waals surface area contributed by atoms with Crippen LogP contribution in [0.25, 0.3) is 0 Å². The number of amides is 2. The van der Waals surface area contributed by atoms with E-state index in [1.54, 1.807) is 48.5 Å². The molecule has 0 saturated carbocycles. The van der Waals surface area contributed by atoms with E-state index in [4.69, 9.17) is 16.3 Å². The molecule has 8 nitrogen and oxygen atoms in total. The number of anilines is 1. The number of rotatable bonds is 12. The fourth-order valence-electron chi connectivity index (χ4n) is 3.43. The Balaban J connectivity index is 2.40. The maximum absolute atomic E-state index is 13.5. The lowest BCUT2D eigenvalue weighted by atomic mass is 10.1. The number of hydrogen-bond donors (Lipinski definition) is 1. The summed E-state index contributed by atoms with van der Waals surface area (Å²) in [7, 11) is -2.27. The number of nitrogens with one attached hydrogen (secondary N) is 1. The third-order valence-corrected chi connectivity index (χ3v) is 6.63. The molecule has 0 aliphatic heterocycles. The van der Waals surface area contributed by atoms with E-state index in [0.717, 1.165) is 22.5 Å². The van der Waals surface area contributed by atoms with Gasteiger partial charge in [-0.15, -0.1) is 0 Å². The quantitative estimate of drug-likeness (QED) is 0.472. The molecule has 10 heteroatoms. The molecule has 0 fully saturated rings. The smallest absolute Gasteiger partial charge is 0.244 e. The summed E-state index contributed by atoms with van der Waals surface area (Å²) in [5.41, 5.74) is 1.10. The van der Waals surface area contributed by atoms with E-state index in [1.807, 2.05) is 13.8 Å². The molecule has 1 N–H and O–H groups in total. The Morgan fingerprint density at radius 2 is 1.68 bits per heavy atom. The number of sulfonamides is 1. The number of hydrogen-bond acceptors (Lipinski definition) is 5. The van der Waals surface area contributed by atoms with Gasteiger partial charge in [0.1, 0.15) is 18.3 Å². The predicted octanol–water partition coefficient (Wildman–Crippen LogP) is 3.45. The third kappa shape index (κ3) is 7.63. The zero-order chi connectivity index (χ0) is 25.3. The van der Waals surface area contributed by atoms with Gasteiger partial charge in [0, 0.05) is 18.1 Å². The van der Waals surface area contributed by atoms with Crippen molar-refractivity contribution in [3.63, 3.8) is 0 Å². The van der Waals surface area contributed by atoms with Crippen LogP contribution in [0.2, 0.25) is 5.02 Å². The van der Waals surface area contributed by atoms with Gasteiger partial charge < -0.3 is 15.0 Å². The zero-order valence-corrected chi connectivity index (χ0v) is 21.5.